The Bertz CT molecular complexity index is 2680. The van der Waals surface area contributed by atoms with Crippen LogP contribution in [0.5, 0.6) is 0 Å². The van der Waals surface area contributed by atoms with Crippen LogP contribution >= 0.6 is 22.7 Å². The first kappa shape index (κ1) is 29.0. The number of hydrogen-bond acceptors (Lipinski definition) is 5. The molecule has 0 bridgehead atoms. The Morgan fingerprint density at radius 1 is 0.340 bits per heavy atom. The highest BCUT2D eigenvalue weighted by molar-refractivity contribution is 7.26. The number of hydrogen-bond donors (Lipinski definition) is 0. The van der Waals surface area contributed by atoms with Gasteiger partial charge in [-0.1, -0.05) is 78.9 Å². The molecule has 0 unspecified atom stereocenters. The zero-order valence-electron chi connectivity index (χ0n) is 26.7. The molecular formula is C45H27N3S2. The lowest BCUT2D eigenvalue weighted by Crippen LogP contribution is -1.96. The molecule has 234 valence electrons. The Hall–Kier alpha value is -6.01. The van der Waals surface area contributed by atoms with Crippen molar-refractivity contribution in [3.63, 3.8) is 0 Å². The second kappa shape index (κ2) is 11.8. The smallest absolute Gasteiger partial charge is 0.160 e. The van der Waals surface area contributed by atoms with Gasteiger partial charge in [-0.2, -0.15) is 0 Å². The number of thiophene rings is 2. The van der Waals surface area contributed by atoms with E-state index in [0.717, 1.165) is 39.2 Å². The molecule has 10 aromatic rings. The Morgan fingerprint density at radius 2 is 0.860 bits per heavy atom. The summed E-state index contributed by atoms with van der Waals surface area (Å²) >= 11 is 3.69. The normalized spacial score (nSPS) is 11.6. The lowest BCUT2D eigenvalue weighted by atomic mass is 9.93. The van der Waals surface area contributed by atoms with E-state index in [1.165, 1.54) is 51.5 Å². The van der Waals surface area contributed by atoms with Crippen LogP contribution in [-0.2, 0) is 0 Å². The summed E-state index contributed by atoms with van der Waals surface area (Å²) in [5.74, 6) is 0.686. The van der Waals surface area contributed by atoms with Crippen LogP contribution in [0.4, 0.5) is 0 Å². The van der Waals surface area contributed by atoms with Crippen LogP contribution in [-0.4, -0.2) is 15.0 Å². The molecule has 0 N–H and O–H groups in total. The van der Waals surface area contributed by atoms with Gasteiger partial charge in [-0.25, -0.2) is 9.97 Å². The highest BCUT2D eigenvalue weighted by Crippen LogP contribution is 2.41. The first-order chi connectivity index (χ1) is 24.7. The second-order valence-electron chi connectivity index (χ2n) is 12.5. The van der Waals surface area contributed by atoms with E-state index >= 15 is 0 Å². The van der Waals surface area contributed by atoms with Gasteiger partial charge in [-0.3, -0.25) is 4.98 Å². The fourth-order valence-electron chi connectivity index (χ4n) is 6.89. The number of aromatic nitrogens is 3. The summed E-state index contributed by atoms with van der Waals surface area (Å²) in [5.41, 5.74) is 9.31. The van der Waals surface area contributed by atoms with E-state index in [4.69, 9.17) is 9.97 Å². The lowest BCUT2D eigenvalue weighted by molar-refractivity contribution is 1.18. The van der Waals surface area contributed by atoms with E-state index in [1.807, 2.05) is 53.1 Å². The number of rotatable bonds is 5. The third-order valence-corrected chi connectivity index (χ3v) is 11.7. The molecule has 0 amide bonds. The summed E-state index contributed by atoms with van der Waals surface area (Å²) < 4.78 is 5.21. The van der Waals surface area contributed by atoms with E-state index in [2.05, 4.69) is 132 Å². The minimum atomic E-state index is 0.686. The average molecular weight is 674 g/mol. The molecule has 0 atom stereocenters. The van der Waals surface area contributed by atoms with Crippen molar-refractivity contribution in [2.45, 2.75) is 0 Å². The predicted molar refractivity (Wildman–Crippen MR) is 213 cm³/mol. The minimum Gasteiger partial charge on any atom is -0.264 e. The van der Waals surface area contributed by atoms with Gasteiger partial charge in [0.1, 0.15) is 0 Å². The molecule has 0 aliphatic heterocycles. The fourth-order valence-corrected chi connectivity index (χ4v) is 9.07. The quantitative estimate of drug-likeness (QED) is 0.182. The fraction of sp³-hybridized carbons (Fsp3) is 0. The molecule has 0 saturated carbocycles. The molecule has 4 aromatic heterocycles. The second-order valence-corrected chi connectivity index (χ2v) is 14.7. The maximum absolute atomic E-state index is 5.21. The van der Waals surface area contributed by atoms with Crippen molar-refractivity contribution >= 4 is 63.0 Å². The molecule has 5 heteroatoms. The number of pyridine rings is 1. The molecular weight excluding hydrogens is 647 g/mol. The summed E-state index contributed by atoms with van der Waals surface area (Å²) in [4.78, 5) is 14.6. The first-order valence-corrected chi connectivity index (χ1v) is 18.2. The van der Waals surface area contributed by atoms with Gasteiger partial charge in [0.2, 0.25) is 0 Å². The summed E-state index contributed by atoms with van der Waals surface area (Å²) in [7, 11) is 0. The van der Waals surface area contributed by atoms with Crippen LogP contribution < -0.4 is 0 Å². The molecule has 0 aliphatic carbocycles. The molecule has 50 heavy (non-hydrogen) atoms. The summed E-state index contributed by atoms with van der Waals surface area (Å²) in [5, 5.41) is 5.16. The van der Waals surface area contributed by atoms with Crippen LogP contribution in [0, 0.1) is 0 Å². The molecule has 0 aliphatic rings. The van der Waals surface area contributed by atoms with Gasteiger partial charge < -0.3 is 0 Å². The van der Waals surface area contributed by atoms with Gasteiger partial charge in [0.25, 0.3) is 0 Å². The van der Waals surface area contributed by atoms with Gasteiger partial charge in [0.15, 0.2) is 5.82 Å². The van der Waals surface area contributed by atoms with Crippen molar-refractivity contribution in [3.8, 4) is 56.2 Å². The monoisotopic (exact) mass is 673 g/mol. The lowest BCUT2D eigenvalue weighted by Gasteiger charge is -2.13. The maximum Gasteiger partial charge on any atom is 0.160 e. The van der Waals surface area contributed by atoms with Gasteiger partial charge >= 0.3 is 0 Å². The Labute approximate surface area is 296 Å². The van der Waals surface area contributed by atoms with Crippen molar-refractivity contribution in [3.05, 3.63) is 164 Å². The van der Waals surface area contributed by atoms with E-state index in [9.17, 15) is 0 Å². The highest BCUT2D eigenvalue weighted by atomic mass is 32.1. The highest BCUT2D eigenvalue weighted by Gasteiger charge is 2.15. The summed E-state index contributed by atoms with van der Waals surface area (Å²) in [6.07, 6.45) is 3.66. The first-order valence-electron chi connectivity index (χ1n) is 16.6. The summed E-state index contributed by atoms with van der Waals surface area (Å²) in [6.45, 7) is 0. The average Bonchev–Trinajstić information content (AvgIpc) is 3.76. The van der Waals surface area contributed by atoms with Gasteiger partial charge in [0.05, 0.1) is 11.4 Å². The van der Waals surface area contributed by atoms with Crippen LogP contribution in [0.15, 0.2) is 164 Å². The van der Waals surface area contributed by atoms with Crippen molar-refractivity contribution in [2.75, 3.05) is 0 Å². The molecule has 0 fully saturated rings. The molecule has 3 nitrogen and oxygen atoms in total. The largest absolute Gasteiger partial charge is 0.264 e. The Balaban J connectivity index is 1.21. The van der Waals surface area contributed by atoms with Crippen molar-refractivity contribution in [2.24, 2.45) is 0 Å². The van der Waals surface area contributed by atoms with Crippen LogP contribution in [0.3, 0.4) is 0 Å². The summed E-state index contributed by atoms with van der Waals surface area (Å²) in [6, 6.07) is 54.3. The zero-order chi connectivity index (χ0) is 33.0. The third-order valence-electron chi connectivity index (χ3n) is 9.36. The Kier molecular flexibility index (Phi) is 6.86. The maximum atomic E-state index is 5.21. The SMILES string of the molecule is c1ccc(-c2nc(-c3cccnc3)cc(-c3cc(-c4ccc5sc6ccccc6c5c4)cc(-c4ccc5sc6ccccc6c5c4)c3)n2)cc1. The van der Waals surface area contributed by atoms with Crippen LogP contribution in [0.2, 0.25) is 0 Å². The molecule has 0 saturated heterocycles. The van der Waals surface area contributed by atoms with E-state index in [0.29, 0.717) is 5.82 Å². The van der Waals surface area contributed by atoms with Gasteiger partial charge in [-0.05, 0) is 95.1 Å². The van der Waals surface area contributed by atoms with Crippen LogP contribution in [0.1, 0.15) is 0 Å². The van der Waals surface area contributed by atoms with Crippen molar-refractivity contribution < 1.29 is 0 Å². The number of fused-ring (bicyclic) bond motifs is 6. The molecule has 6 aromatic carbocycles. The number of benzene rings is 6. The molecule has 0 radical (unpaired) electrons. The van der Waals surface area contributed by atoms with Crippen molar-refractivity contribution in [1.82, 2.24) is 15.0 Å². The standard InChI is InChI=1S/C45H27N3S2/c1-2-9-28(10-3-1)45-47-39(31-11-8-20-46-27-31)26-40(48-45)34-22-32(29-16-18-43-37(24-29)35-12-4-6-14-41(35)49-43)21-33(23-34)30-17-19-44-38(25-30)36-13-5-7-15-42(36)50-44/h1-27H. The van der Waals surface area contributed by atoms with Crippen LogP contribution in [0.25, 0.3) is 96.5 Å². The minimum absolute atomic E-state index is 0.686. The van der Waals surface area contributed by atoms with Gasteiger partial charge in [0, 0.05) is 69.4 Å². The third kappa shape index (κ3) is 5.07. The Morgan fingerprint density at radius 3 is 1.46 bits per heavy atom. The zero-order valence-corrected chi connectivity index (χ0v) is 28.4. The van der Waals surface area contributed by atoms with Crippen molar-refractivity contribution in [1.29, 1.82) is 0 Å². The molecule has 4 heterocycles. The predicted octanol–water partition coefficient (Wildman–Crippen LogP) is 12.9. The molecule has 0 spiro atoms. The topological polar surface area (TPSA) is 38.7 Å². The number of nitrogens with zero attached hydrogens (tertiary/aromatic N) is 3. The van der Waals surface area contributed by atoms with E-state index in [-0.39, 0.29) is 0 Å². The van der Waals surface area contributed by atoms with Gasteiger partial charge in [-0.15, -0.1) is 22.7 Å². The van der Waals surface area contributed by atoms with E-state index < -0.39 is 0 Å². The van der Waals surface area contributed by atoms with E-state index in [1.54, 1.807) is 6.20 Å². The molecule has 10 rings (SSSR count).